The molecule has 1 unspecified atom stereocenters. The van der Waals surface area contributed by atoms with Crippen LogP contribution in [0.3, 0.4) is 0 Å². The van der Waals surface area contributed by atoms with Crippen LogP contribution in [0.4, 0.5) is 0 Å². The van der Waals surface area contributed by atoms with Crippen molar-refractivity contribution in [2.75, 3.05) is 13.2 Å². The number of nitrogens with one attached hydrogen (secondary N) is 1. The molecule has 0 aromatic carbocycles. The Morgan fingerprint density at radius 1 is 1.19 bits per heavy atom. The van der Waals surface area contributed by atoms with Crippen LogP contribution in [0.25, 0.3) is 0 Å². The fraction of sp³-hybridized carbons (Fsp3) is 0.364. The SMILES string of the molecule is C\C=C(/C=C(C)/C=C(C)/C=C/C=C(\C)C(=O)C1=CC(CCO)NC1=O)CO. The van der Waals surface area contributed by atoms with Crippen molar-refractivity contribution >= 4 is 11.7 Å². The Labute approximate surface area is 161 Å². The van der Waals surface area contributed by atoms with Crippen molar-refractivity contribution in [2.24, 2.45) is 0 Å². The van der Waals surface area contributed by atoms with Gasteiger partial charge in [0.15, 0.2) is 5.78 Å². The monoisotopic (exact) mass is 371 g/mol. The number of hydrogen-bond donors (Lipinski definition) is 3. The summed E-state index contributed by atoms with van der Waals surface area (Å²) >= 11 is 0. The smallest absolute Gasteiger partial charge is 0.255 e. The van der Waals surface area contributed by atoms with E-state index in [0.29, 0.717) is 12.0 Å². The number of rotatable bonds is 9. The predicted octanol–water partition coefficient (Wildman–Crippen LogP) is 2.70. The van der Waals surface area contributed by atoms with E-state index in [1.165, 1.54) is 0 Å². The molecule has 0 spiro atoms. The molecule has 0 saturated carbocycles. The molecular formula is C22H29NO4. The highest BCUT2D eigenvalue weighted by Crippen LogP contribution is 2.15. The van der Waals surface area contributed by atoms with Crippen molar-refractivity contribution in [1.82, 2.24) is 5.32 Å². The molecule has 0 aromatic rings. The molecule has 146 valence electrons. The summed E-state index contributed by atoms with van der Waals surface area (Å²) < 4.78 is 0. The lowest BCUT2D eigenvalue weighted by molar-refractivity contribution is -0.120. The topological polar surface area (TPSA) is 86.6 Å². The summed E-state index contributed by atoms with van der Waals surface area (Å²) in [6.45, 7) is 7.40. The predicted molar refractivity (Wildman–Crippen MR) is 108 cm³/mol. The molecule has 1 amide bonds. The average Bonchev–Trinajstić information content (AvgIpc) is 2.99. The molecule has 1 aliphatic heterocycles. The Kier molecular flexibility index (Phi) is 9.40. The third-order valence-corrected chi connectivity index (χ3v) is 4.10. The number of Topliss-reactive ketones (excluding diaryl/α,β-unsaturated/α-hetero) is 1. The van der Waals surface area contributed by atoms with Crippen molar-refractivity contribution in [3.63, 3.8) is 0 Å². The molecule has 5 nitrogen and oxygen atoms in total. The Morgan fingerprint density at radius 2 is 1.89 bits per heavy atom. The summed E-state index contributed by atoms with van der Waals surface area (Å²) in [5.41, 5.74) is 3.45. The Hall–Kier alpha value is -2.50. The number of aliphatic hydroxyl groups is 2. The van der Waals surface area contributed by atoms with Crippen LogP contribution in [0.2, 0.25) is 0 Å². The van der Waals surface area contributed by atoms with Gasteiger partial charge in [-0.25, -0.2) is 0 Å². The highest BCUT2D eigenvalue weighted by molar-refractivity contribution is 6.26. The van der Waals surface area contributed by atoms with Gasteiger partial charge < -0.3 is 15.5 Å². The fourth-order valence-electron chi connectivity index (χ4n) is 2.63. The van der Waals surface area contributed by atoms with Crippen LogP contribution in [0.1, 0.15) is 34.1 Å². The van der Waals surface area contributed by atoms with Crippen molar-refractivity contribution < 1.29 is 19.8 Å². The second kappa shape index (κ2) is 11.3. The number of carbonyl (C=O) groups is 2. The molecule has 0 fully saturated rings. The second-order valence-electron chi connectivity index (χ2n) is 6.51. The summed E-state index contributed by atoms with van der Waals surface area (Å²) in [6.07, 6.45) is 13.1. The zero-order valence-electron chi connectivity index (χ0n) is 16.5. The maximum Gasteiger partial charge on any atom is 0.255 e. The third kappa shape index (κ3) is 7.33. The van der Waals surface area contributed by atoms with Gasteiger partial charge in [-0.15, -0.1) is 0 Å². The molecule has 1 atom stereocenters. The van der Waals surface area contributed by atoms with Gasteiger partial charge >= 0.3 is 0 Å². The summed E-state index contributed by atoms with van der Waals surface area (Å²) in [7, 11) is 0. The van der Waals surface area contributed by atoms with Crippen LogP contribution in [-0.4, -0.2) is 41.2 Å². The normalized spacial score (nSPS) is 19.6. The highest BCUT2D eigenvalue weighted by atomic mass is 16.3. The lowest BCUT2D eigenvalue weighted by Crippen LogP contribution is -2.29. The zero-order chi connectivity index (χ0) is 20.4. The Morgan fingerprint density at radius 3 is 2.48 bits per heavy atom. The van der Waals surface area contributed by atoms with Gasteiger partial charge in [0.2, 0.25) is 0 Å². The number of aliphatic hydroxyl groups excluding tert-OH is 2. The number of ketones is 1. The minimum Gasteiger partial charge on any atom is -0.396 e. The van der Waals surface area contributed by atoms with Gasteiger partial charge in [0.1, 0.15) is 0 Å². The summed E-state index contributed by atoms with van der Waals surface area (Å²) in [4.78, 5) is 24.3. The van der Waals surface area contributed by atoms with Gasteiger partial charge in [0.05, 0.1) is 18.2 Å². The lowest BCUT2D eigenvalue weighted by atomic mass is 10.0. The molecule has 0 aromatic heterocycles. The van der Waals surface area contributed by atoms with Crippen LogP contribution < -0.4 is 5.32 Å². The van der Waals surface area contributed by atoms with E-state index < -0.39 is 5.91 Å². The Bertz CT molecular complexity index is 748. The van der Waals surface area contributed by atoms with E-state index in [9.17, 15) is 14.7 Å². The zero-order valence-corrected chi connectivity index (χ0v) is 16.5. The van der Waals surface area contributed by atoms with E-state index in [1.807, 2.05) is 45.1 Å². The van der Waals surface area contributed by atoms with E-state index in [0.717, 1.165) is 16.7 Å². The number of hydrogen-bond acceptors (Lipinski definition) is 4. The third-order valence-electron chi connectivity index (χ3n) is 4.10. The standard InChI is InChI=1S/C22H29NO4/c1-5-18(14-25)12-16(3)11-15(2)7-6-8-17(4)21(26)20-13-19(9-10-24)23-22(20)27/h5-8,11-13,19,24-25H,9-10,14H2,1-4H3,(H,23,27)/b7-6+,15-11+,16-12+,17-8+,18-5+. The first kappa shape index (κ1) is 22.5. The first-order valence-electron chi connectivity index (χ1n) is 8.98. The Balaban J connectivity index is 2.80. The molecule has 27 heavy (non-hydrogen) atoms. The van der Waals surface area contributed by atoms with Crippen molar-refractivity contribution in [2.45, 2.75) is 40.2 Å². The van der Waals surface area contributed by atoms with Gasteiger partial charge in [-0.3, -0.25) is 9.59 Å². The number of allylic oxidation sites excluding steroid dienone is 8. The summed E-state index contributed by atoms with van der Waals surface area (Å²) in [6, 6.07) is -0.286. The molecule has 0 bridgehead atoms. The van der Waals surface area contributed by atoms with E-state index in [4.69, 9.17) is 5.11 Å². The van der Waals surface area contributed by atoms with Gasteiger partial charge in [-0.2, -0.15) is 0 Å². The van der Waals surface area contributed by atoms with Gasteiger partial charge in [0, 0.05) is 6.61 Å². The van der Waals surface area contributed by atoms with Gasteiger partial charge in [-0.05, 0) is 51.3 Å². The molecule has 0 saturated heterocycles. The van der Waals surface area contributed by atoms with Crippen molar-refractivity contribution in [3.8, 4) is 0 Å². The summed E-state index contributed by atoms with van der Waals surface area (Å²) in [5, 5.41) is 20.8. The molecule has 1 heterocycles. The van der Waals surface area contributed by atoms with Gasteiger partial charge in [-0.1, -0.05) is 47.6 Å². The second-order valence-corrected chi connectivity index (χ2v) is 6.51. The van der Waals surface area contributed by atoms with Crippen LogP contribution >= 0.6 is 0 Å². The van der Waals surface area contributed by atoms with Crippen LogP contribution in [0.5, 0.6) is 0 Å². The van der Waals surface area contributed by atoms with Crippen LogP contribution in [-0.2, 0) is 9.59 Å². The van der Waals surface area contributed by atoms with Crippen molar-refractivity contribution in [3.05, 3.63) is 70.4 Å². The van der Waals surface area contributed by atoms with Crippen molar-refractivity contribution in [1.29, 1.82) is 0 Å². The molecule has 1 rings (SSSR count). The van der Waals surface area contributed by atoms with Crippen LogP contribution in [0.15, 0.2) is 70.4 Å². The fourth-order valence-corrected chi connectivity index (χ4v) is 2.63. The molecule has 0 aliphatic carbocycles. The molecular weight excluding hydrogens is 342 g/mol. The molecule has 0 radical (unpaired) electrons. The van der Waals surface area contributed by atoms with Crippen LogP contribution in [0, 0.1) is 0 Å². The maximum absolute atomic E-state index is 12.4. The molecule has 3 N–H and O–H groups in total. The average molecular weight is 371 g/mol. The quantitative estimate of drug-likeness (QED) is 0.330. The number of carbonyl (C=O) groups excluding carboxylic acids is 2. The van der Waals surface area contributed by atoms with E-state index >= 15 is 0 Å². The minimum absolute atomic E-state index is 0.00318. The van der Waals surface area contributed by atoms with Gasteiger partial charge in [0.25, 0.3) is 5.91 Å². The first-order valence-corrected chi connectivity index (χ1v) is 8.98. The maximum atomic E-state index is 12.4. The van der Waals surface area contributed by atoms with E-state index in [-0.39, 0.29) is 30.6 Å². The largest absolute Gasteiger partial charge is 0.396 e. The summed E-state index contributed by atoms with van der Waals surface area (Å²) in [5.74, 6) is -0.702. The molecule has 1 aliphatic rings. The number of amides is 1. The highest BCUT2D eigenvalue weighted by Gasteiger charge is 2.27. The molecule has 5 heteroatoms. The van der Waals surface area contributed by atoms with E-state index in [2.05, 4.69) is 5.32 Å². The lowest BCUT2D eigenvalue weighted by Gasteiger charge is -2.04. The first-order chi connectivity index (χ1) is 12.8. The van der Waals surface area contributed by atoms with E-state index in [1.54, 1.807) is 25.2 Å². The minimum atomic E-state index is -0.393.